The molecule has 0 N–H and O–H groups in total. The third-order valence-electron chi connectivity index (χ3n) is 4.69. The van der Waals surface area contributed by atoms with Gasteiger partial charge >= 0.3 is 0 Å². The number of hydrogen-bond donors (Lipinski definition) is 0. The van der Waals surface area contributed by atoms with E-state index in [4.69, 9.17) is 18.9 Å². The zero-order chi connectivity index (χ0) is 17.9. The minimum absolute atomic E-state index is 0.00451. The summed E-state index contributed by atoms with van der Waals surface area (Å²) in [5.41, 5.74) is 0.648. The average molecular weight is 350 g/mol. The van der Waals surface area contributed by atoms with Gasteiger partial charge in [0.1, 0.15) is 23.7 Å². The standard InChI is InChI=1S/C18H26N2O5/c1-19-11-18(13-24-10-17(19)21)12-20(4-5-25-18)9-14-6-15(22-2)8-16(7-14)23-3/h6-8H,4-5,9-13H2,1-3H3. The van der Waals surface area contributed by atoms with E-state index in [9.17, 15) is 4.79 Å². The van der Waals surface area contributed by atoms with Crippen LogP contribution in [-0.2, 0) is 20.8 Å². The van der Waals surface area contributed by atoms with Gasteiger partial charge in [-0.25, -0.2) is 0 Å². The summed E-state index contributed by atoms with van der Waals surface area (Å²) in [5.74, 6) is 1.55. The number of morpholine rings is 1. The Morgan fingerprint density at radius 2 is 1.88 bits per heavy atom. The molecule has 2 heterocycles. The Morgan fingerprint density at radius 3 is 2.56 bits per heavy atom. The van der Waals surface area contributed by atoms with Crippen LogP contribution in [0.3, 0.4) is 0 Å². The summed E-state index contributed by atoms with van der Waals surface area (Å²) in [6.07, 6.45) is 0. The first kappa shape index (κ1) is 18.0. The number of rotatable bonds is 4. The molecule has 2 aliphatic heterocycles. The van der Waals surface area contributed by atoms with E-state index in [-0.39, 0.29) is 12.5 Å². The van der Waals surface area contributed by atoms with Gasteiger partial charge in [-0.1, -0.05) is 0 Å². The molecule has 7 heteroatoms. The molecule has 2 saturated heterocycles. The van der Waals surface area contributed by atoms with E-state index < -0.39 is 5.60 Å². The van der Waals surface area contributed by atoms with Crippen molar-refractivity contribution in [2.75, 3.05) is 60.7 Å². The maximum atomic E-state index is 11.9. The van der Waals surface area contributed by atoms with Crippen LogP contribution in [0.4, 0.5) is 0 Å². The fourth-order valence-electron chi connectivity index (χ4n) is 3.46. The van der Waals surface area contributed by atoms with Crippen molar-refractivity contribution >= 4 is 5.91 Å². The zero-order valence-electron chi connectivity index (χ0n) is 15.1. The molecule has 0 aliphatic carbocycles. The van der Waals surface area contributed by atoms with Gasteiger partial charge in [0.2, 0.25) is 5.91 Å². The topological polar surface area (TPSA) is 60.5 Å². The smallest absolute Gasteiger partial charge is 0.248 e. The number of nitrogens with zero attached hydrogens (tertiary/aromatic N) is 2. The predicted molar refractivity (Wildman–Crippen MR) is 92.0 cm³/mol. The number of hydrogen-bond acceptors (Lipinski definition) is 6. The molecule has 0 radical (unpaired) electrons. The van der Waals surface area contributed by atoms with Gasteiger partial charge in [0.05, 0.1) is 34.0 Å². The van der Waals surface area contributed by atoms with Crippen LogP contribution in [0.1, 0.15) is 5.56 Å². The molecule has 0 saturated carbocycles. The summed E-state index contributed by atoms with van der Waals surface area (Å²) in [4.78, 5) is 15.9. The molecule has 1 aromatic carbocycles. The van der Waals surface area contributed by atoms with Gasteiger partial charge in [-0.3, -0.25) is 9.69 Å². The molecule has 1 aromatic rings. The third-order valence-corrected chi connectivity index (χ3v) is 4.69. The summed E-state index contributed by atoms with van der Waals surface area (Å²) >= 11 is 0. The molecule has 7 nitrogen and oxygen atoms in total. The second kappa shape index (κ2) is 7.59. The first-order chi connectivity index (χ1) is 12.0. The maximum absolute atomic E-state index is 11.9. The summed E-state index contributed by atoms with van der Waals surface area (Å²) in [6.45, 7) is 4.02. The Hall–Kier alpha value is -1.83. The second-order valence-electron chi connectivity index (χ2n) is 6.71. The highest BCUT2D eigenvalue weighted by molar-refractivity contribution is 5.77. The van der Waals surface area contributed by atoms with Crippen LogP contribution in [0.25, 0.3) is 0 Å². The number of ether oxygens (including phenoxy) is 4. The summed E-state index contributed by atoms with van der Waals surface area (Å²) in [7, 11) is 5.10. The van der Waals surface area contributed by atoms with Gasteiger partial charge < -0.3 is 23.8 Å². The predicted octanol–water partition coefficient (Wildman–Crippen LogP) is 0.763. The molecular weight excluding hydrogens is 324 g/mol. The molecular formula is C18H26N2O5. The van der Waals surface area contributed by atoms with E-state index in [1.807, 2.05) is 18.2 Å². The van der Waals surface area contributed by atoms with Gasteiger partial charge in [-0.15, -0.1) is 0 Å². The Labute approximate surface area is 148 Å². The zero-order valence-corrected chi connectivity index (χ0v) is 15.1. The molecule has 0 bridgehead atoms. The number of likely N-dealkylation sites (N-methyl/N-ethyl adjacent to an activating group) is 1. The Morgan fingerprint density at radius 1 is 1.16 bits per heavy atom. The van der Waals surface area contributed by atoms with E-state index in [2.05, 4.69) is 4.90 Å². The number of amides is 1. The largest absolute Gasteiger partial charge is 0.497 e. The summed E-state index contributed by atoms with van der Waals surface area (Å²) in [6, 6.07) is 5.90. The Kier molecular flexibility index (Phi) is 5.46. The second-order valence-corrected chi connectivity index (χ2v) is 6.71. The lowest BCUT2D eigenvalue weighted by Gasteiger charge is -2.42. The fraction of sp³-hybridized carbons (Fsp3) is 0.611. The average Bonchev–Trinajstić information content (AvgIpc) is 2.73. The molecule has 25 heavy (non-hydrogen) atoms. The van der Waals surface area contributed by atoms with Gasteiger partial charge in [0.25, 0.3) is 0 Å². The van der Waals surface area contributed by atoms with Crippen molar-refractivity contribution in [2.24, 2.45) is 0 Å². The Bertz CT molecular complexity index is 601. The van der Waals surface area contributed by atoms with Crippen molar-refractivity contribution < 1.29 is 23.7 Å². The molecule has 2 fully saturated rings. The molecule has 1 unspecified atom stereocenters. The summed E-state index contributed by atoms with van der Waals surface area (Å²) in [5, 5.41) is 0. The van der Waals surface area contributed by atoms with Gasteiger partial charge in [-0.05, 0) is 17.7 Å². The van der Waals surface area contributed by atoms with Crippen molar-refractivity contribution in [1.29, 1.82) is 0 Å². The van der Waals surface area contributed by atoms with E-state index in [1.54, 1.807) is 26.2 Å². The molecule has 0 aromatic heterocycles. The third kappa shape index (κ3) is 4.23. The quantitative estimate of drug-likeness (QED) is 0.799. The van der Waals surface area contributed by atoms with E-state index in [1.165, 1.54) is 0 Å². The van der Waals surface area contributed by atoms with E-state index in [0.29, 0.717) is 26.3 Å². The lowest BCUT2D eigenvalue weighted by atomic mass is 10.0. The fourth-order valence-corrected chi connectivity index (χ4v) is 3.46. The molecule has 2 aliphatic rings. The first-order valence-corrected chi connectivity index (χ1v) is 8.43. The number of carbonyl (C=O) groups excluding carboxylic acids is 1. The molecule has 138 valence electrons. The highest BCUT2D eigenvalue weighted by Gasteiger charge is 2.41. The van der Waals surface area contributed by atoms with Crippen molar-refractivity contribution in [3.63, 3.8) is 0 Å². The normalized spacial score (nSPS) is 25.1. The first-order valence-electron chi connectivity index (χ1n) is 8.43. The van der Waals surface area contributed by atoms with E-state index in [0.717, 1.165) is 30.2 Å². The summed E-state index contributed by atoms with van der Waals surface area (Å²) < 4.78 is 22.3. The molecule has 3 rings (SSSR count). The molecule has 1 spiro atoms. The van der Waals surface area contributed by atoms with E-state index >= 15 is 0 Å². The lowest BCUT2D eigenvalue weighted by molar-refractivity contribution is -0.143. The number of benzene rings is 1. The molecule has 1 atom stereocenters. The van der Waals surface area contributed by atoms with Gasteiger partial charge in [0, 0.05) is 32.7 Å². The number of carbonyl (C=O) groups is 1. The van der Waals surface area contributed by atoms with Crippen LogP contribution in [0, 0.1) is 0 Å². The SMILES string of the molecule is COc1cc(CN2CCOC3(COCC(=O)N(C)C3)C2)cc(OC)c1. The van der Waals surface area contributed by atoms with Crippen LogP contribution in [0.5, 0.6) is 11.5 Å². The van der Waals surface area contributed by atoms with Crippen molar-refractivity contribution in [2.45, 2.75) is 12.1 Å². The van der Waals surface area contributed by atoms with Crippen molar-refractivity contribution in [3.8, 4) is 11.5 Å². The van der Waals surface area contributed by atoms with Crippen LogP contribution in [-0.4, -0.2) is 82.0 Å². The number of methoxy groups -OCH3 is 2. The van der Waals surface area contributed by atoms with Gasteiger partial charge in [0.15, 0.2) is 0 Å². The highest BCUT2D eigenvalue weighted by atomic mass is 16.5. The van der Waals surface area contributed by atoms with Crippen LogP contribution in [0.15, 0.2) is 18.2 Å². The Balaban J connectivity index is 1.72. The van der Waals surface area contributed by atoms with Crippen LogP contribution >= 0.6 is 0 Å². The minimum atomic E-state index is -0.470. The van der Waals surface area contributed by atoms with Gasteiger partial charge in [-0.2, -0.15) is 0 Å². The molecule has 1 amide bonds. The van der Waals surface area contributed by atoms with Crippen molar-refractivity contribution in [1.82, 2.24) is 9.80 Å². The highest BCUT2D eigenvalue weighted by Crippen LogP contribution is 2.27. The minimum Gasteiger partial charge on any atom is -0.497 e. The van der Waals surface area contributed by atoms with Crippen molar-refractivity contribution in [3.05, 3.63) is 23.8 Å². The van der Waals surface area contributed by atoms with Crippen LogP contribution < -0.4 is 9.47 Å². The lowest BCUT2D eigenvalue weighted by Crippen LogP contribution is -2.58. The maximum Gasteiger partial charge on any atom is 0.248 e. The monoisotopic (exact) mass is 350 g/mol. The van der Waals surface area contributed by atoms with Crippen LogP contribution in [0.2, 0.25) is 0 Å².